The van der Waals surface area contributed by atoms with Crippen molar-refractivity contribution >= 4 is 21.4 Å². The maximum absolute atomic E-state index is 10.9. The van der Waals surface area contributed by atoms with E-state index in [1.54, 1.807) is 24.3 Å². The first-order chi connectivity index (χ1) is 8.37. The summed E-state index contributed by atoms with van der Waals surface area (Å²) >= 11 is 5.75. The van der Waals surface area contributed by atoms with Crippen LogP contribution in [0.15, 0.2) is 24.3 Å². The van der Waals surface area contributed by atoms with Crippen molar-refractivity contribution in [2.45, 2.75) is 18.9 Å². The normalized spacial score (nSPS) is 13.3. The molecule has 0 bridgehead atoms. The Morgan fingerprint density at radius 3 is 2.50 bits per heavy atom. The van der Waals surface area contributed by atoms with Crippen LogP contribution in [-0.4, -0.2) is 33.1 Å². The van der Waals surface area contributed by atoms with Crippen LogP contribution < -0.4 is 10.5 Å². The fourth-order valence-corrected chi connectivity index (χ4v) is 2.24. The molecule has 0 aliphatic heterocycles. The van der Waals surface area contributed by atoms with E-state index in [0.29, 0.717) is 30.2 Å². The minimum absolute atomic E-state index is 0.164. The number of hydrogen-bond acceptors (Lipinski definition) is 4. The number of halogens is 1. The molecular weight excluding hydrogens is 274 g/mol. The van der Waals surface area contributed by atoms with Crippen molar-refractivity contribution in [1.29, 1.82) is 0 Å². The van der Waals surface area contributed by atoms with Gasteiger partial charge in [0.2, 0.25) is 0 Å². The van der Waals surface area contributed by atoms with E-state index >= 15 is 0 Å². The molecule has 1 atom stereocenters. The van der Waals surface area contributed by atoms with Crippen LogP contribution in [-0.2, 0) is 9.84 Å². The monoisotopic (exact) mass is 291 g/mol. The van der Waals surface area contributed by atoms with Gasteiger partial charge in [0.25, 0.3) is 0 Å². The molecule has 0 amide bonds. The summed E-state index contributed by atoms with van der Waals surface area (Å²) in [6, 6.07) is 6.86. The quantitative estimate of drug-likeness (QED) is 0.833. The van der Waals surface area contributed by atoms with Gasteiger partial charge < -0.3 is 10.5 Å². The Morgan fingerprint density at radius 2 is 1.94 bits per heavy atom. The van der Waals surface area contributed by atoms with Crippen LogP contribution in [0.25, 0.3) is 0 Å². The molecule has 0 spiro atoms. The van der Waals surface area contributed by atoms with Crippen molar-refractivity contribution in [3.8, 4) is 5.75 Å². The highest BCUT2D eigenvalue weighted by molar-refractivity contribution is 7.90. The lowest BCUT2D eigenvalue weighted by atomic mass is 10.2. The lowest BCUT2D eigenvalue weighted by Crippen LogP contribution is -2.28. The van der Waals surface area contributed by atoms with Crippen LogP contribution in [0.1, 0.15) is 12.8 Å². The van der Waals surface area contributed by atoms with Crippen molar-refractivity contribution in [3.63, 3.8) is 0 Å². The van der Waals surface area contributed by atoms with E-state index in [-0.39, 0.29) is 11.8 Å². The van der Waals surface area contributed by atoms with Gasteiger partial charge in [-0.3, -0.25) is 0 Å². The van der Waals surface area contributed by atoms with Gasteiger partial charge in [0.05, 0.1) is 0 Å². The highest BCUT2D eigenvalue weighted by Crippen LogP contribution is 2.15. The molecule has 2 N–H and O–H groups in total. The zero-order valence-corrected chi connectivity index (χ0v) is 11.9. The van der Waals surface area contributed by atoms with E-state index in [4.69, 9.17) is 22.1 Å². The Balaban J connectivity index is 2.24. The summed E-state index contributed by atoms with van der Waals surface area (Å²) in [7, 11) is -2.90. The third kappa shape index (κ3) is 6.83. The van der Waals surface area contributed by atoms with Gasteiger partial charge >= 0.3 is 0 Å². The van der Waals surface area contributed by atoms with Crippen molar-refractivity contribution in [2.75, 3.05) is 18.6 Å². The lowest BCUT2D eigenvalue weighted by molar-refractivity contribution is 0.281. The van der Waals surface area contributed by atoms with Gasteiger partial charge in [0, 0.05) is 23.1 Å². The van der Waals surface area contributed by atoms with Crippen LogP contribution in [0.5, 0.6) is 5.75 Å². The van der Waals surface area contributed by atoms with Crippen molar-refractivity contribution in [1.82, 2.24) is 0 Å². The molecule has 0 heterocycles. The Hall–Kier alpha value is -0.780. The Kier molecular flexibility index (Phi) is 5.91. The predicted octanol–water partition coefficient (Wildman–Crippen LogP) is 1.87. The number of hydrogen-bond donors (Lipinski definition) is 1. The molecule has 0 fully saturated rings. The van der Waals surface area contributed by atoms with E-state index in [9.17, 15) is 8.42 Å². The molecule has 4 nitrogen and oxygen atoms in total. The van der Waals surface area contributed by atoms with Gasteiger partial charge in [0.15, 0.2) is 0 Å². The molecule has 1 aromatic rings. The van der Waals surface area contributed by atoms with Crippen LogP contribution in [0.2, 0.25) is 5.02 Å². The molecule has 18 heavy (non-hydrogen) atoms. The molecule has 1 unspecified atom stereocenters. The second-order valence-electron chi connectivity index (χ2n) is 4.30. The minimum atomic E-state index is -2.90. The standard InChI is InChI=1S/C12H18ClNO3S/c1-18(15,16)8-2-3-11(14)9-17-12-6-4-10(13)5-7-12/h4-7,11H,2-3,8-9,14H2,1H3. The summed E-state index contributed by atoms with van der Waals surface area (Å²) in [6.45, 7) is 0.366. The molecule has 102 valence electrons. The molecule has 0 radical (unpaired) electrons. The summed E-state index contributed by atoms with van der Waals surface area (Å²) in [4.78, 5) is 0. The second-order valence-corrected chi connectivity index (χ2v) is 6.99. The first-order valence-corrected chi connectivity index (χ1v) is 8.12. The van der Waals surface area contributed by atoms with Gasteiger partial charge in [-0.2, -0.15) is 0 Å². The van der Waals surface area contributed by atoms with E-state index < -0.39 is 9.84 Å². The smallest absolute Gasteiger partial charge is 0.147 e. The van der Waals surface area contributed by atoms with Crippen LogP contribution >= 0.6 is 11.6 Å². The topological polar surface area (TPSA) is 69.4 Å². The molecule has 6 heteroatoms. The van der Waals surface area contributed by atoms with Crippen molar-refractivity contribution < 1.29 is 13.2 Å². The molecule has 0 saturated carbocycles. The average molecular weight is 292 g/mol. The lowest BCUT2D eigenvalue weighted by Gasteiger charge is -2.12. The number of nitrogens with two attached hydrogens (primary N) is 1. The number of ether oxygens (including phenoxy) is 1. The number of sulfone groups is 1. The second kappa shape index (κ2) is 6.97. The summed E-state index contributed by atoms with van der Waals surface area (Å²) in [5.41, 5.74) is 5.83. The molecule has 1 rings (SSSR count). The van der Waals surface area contributed by atoms with Gasteiger partial charge in [-0.05, 0) is 37.1 Å². The minimum Gasteiger partial charge on any atom is -0.492 e. The molecule has 0 aromatic heterocycles. The van der Waals surface area contributed by atoms with E-state index in [1.807, 2.05) is 0 Å². The van der Waals surface area contributed by atoms with Crippen molar-refractivity contribution in [2.24, 2.45) is 5.73 Å². The largest absolute Gasteiger partial charge is 0.492 e. The average Bonchev–Trinajstić information content (AvgIpc) is 2.26. The third-order valence-electron chi connectivity index (χ3n) is 2.37. The Morgan fingerprint density at radius 1 is 1.33 bits per heavy atom. The highest BCUT2D eigenvalue weighted by atomic mass is 35.5. The molecule has 0 aliphatic carbocycles. The summed E-state index contributed by atoms with van der Waals surface area (Å²) in [5.74, 6) is 0.875. The third-order valence-corrected chi connectivity index (χ3v) is 3.65. The summed E-state index contributed by atoms with van der Waals surface area (Å²) < 4.78 is 27.4. The van der Waals surface area contributed by atoms with Gasteiger partial charge in [-0.1, -0.05) is 11.6 Å². The molecular formula is C12H18ClNO3S. The van der Waals surface area contributed by atoms with Crippen LogP contribution in [0, 0.1) is 0 Å². The highest BCUT2D eigenvalue weighted by Gasteiger charge is 2.07. The number of benzene rings is 1. The Bertz CT molecular complexity index is 459. The van der Waals surface area contributed by atoms with E-state index in [1.165, 1.54) is 6.26 Å². The summed E-state index contributed by atoms with van der Waals surface area (Å²) in [5, 5.41) is 0.653. The van der Waals surface area contributed by atoms with Crippen molar-refractivity contribution in [3.05, 3.63) is 29.3 Å². The first kappa shape index (κ1) is 15.3. The molecule has 0 aliphatic rings. The zero-order chi connectivity index (χ0) is 13.6. The fourth-order valence-electron chi connectivity index (χ4n) is 1.43. The SMILES string of the molecule is CS(=O)(=O)CCCC(N)COc1ccc(Cl)cc1. The molecule has 1 aromatic carbocycles. The Labute approximate surface area is 113 Å². The number of rotatable bonds is 7. The van der Waals surface area contributed by atoms with Crippen LogP contribution in [0.4, 0.5) is 0 Å². The van der Waals surface area contributed by atoms with Gasteiger partial charge in [-0.25, -0.2) is 8.42 Å². The van der Waals surface area contributed by atoms with Crippen LogP contribution in [0.3, 0.4) is 0 Å². The maximum Gasteiger partial charge on any atom is 0.147 e. The molecule has 0 saturated heterocycles. The van der Waals surface area contributed by atoms with Gasteiger partial charge in [-0.15, -0.1) is 0 Å². The first-order valence-electron chi connectivity index (χ1n) is 5.68. The van der Waals surface area contributed by atoms with Gasteiger partial charge in [0.1, 0.15) is 22.2 Å². The van der Waals surface area contributed by atoms with E-state index in [0.717, 1.165) is 0 Å². The summed E-state index contributed by atoms with van der Waals surface area (Å²) in [6.07, 6.45) is 2.41. The predicted molar refractivity (Wildman–Crippen MR) is 73.9 cm³/mol. The maximum atomic E-state index is 10.9. The fraction of sp³-hybridized carbons (Fsp3) is 0.500. The zero-order valence-electron chi connectivity index (χ0n) is 10.3. The van der Waals surface area contributed by atoms with E-state index in [2.05, 4.69) is 0 Å².